The molecule has 0 atom stereocenters. The highest BCUT2D eigenvalue weighted by molar-refractivity contribution is 6.33. The van der Waals surface area contributed by atoms with Crippen LogP contribution in [0.15, 0.2) is 18.2 Å². The Balaban J connectivity index is 2.22. The summed E-state index contributed by atoms with van der Waals surface area (Å²) in [5.41, 5.74) is 0.918. The van der Waals surface area contributed by atoms with Gasteiger partial charge in [0.15, 0.2) is 0 Å². The largest absolute Gasteiger partial charge is 0.471 e. The molecule has 0 bridgehead atoms. The molecule has 20 heavy (non-hydrogen) atoms. The van der Waals surface area contributed by atoms with Crippen molar-refractivity contribution >= 4 is 28.9 Å². The third-order valence-corrected chi connectivity index (χ3v) is 3.62. The average Bonchev–Trinajstić information content (AvgIpc) is 2.89. The monoisotopic (exact) mass is 306 g/mol. The summed E-state index contributed by atoms with van der Waals surface area (Å²) >= 11 is 6.11. The van der Waals surface area contributed by atoms with E-state index in [1.807, 2.05) is 0 Å². The fraction of sp³-hybridized carbons (Fsp3) is 0.462. The van der Waals surface area contributed by atoms with Crippen LogP contribution in [0.1, 0.15) is 12.8 Å². The number of alkyl halides is 3. The normalized spacial score (nSPS) is 15.6. The second kappa shape index (κ2) is 5.52. The molecule has 1 aliphatic rings. The van der Waals surface area contributed by atoms with Crippen LogP contribution in [0.25, 0.3) is 0 Å². The van der Waals surface area contributed by atoms with E-state index in [-0.39, 0.29) is 5.69 Å². The van der Waals surface area contributed by atoms with E-state index in [0.717, 1.165) is 38.7 Å². The summed E-state index contributed by atoms with van der Waals surface area (Å²) in [6, 6.07) is 4.52. The van der Waals surface area contributed by atoms with Gasteiger partial charge in [-0.15, -0.1) is 0 Å². The standard InChI is InChI=1S/C13H14ClF3N2O/c1-18(12(20)13(15,16)17)9-4-5-11(10(14)8-9)19-6-2-3-7-19/h4-5,8H,2-3,6-7H2,1H3. The van der Waals surface area contributed by atoms with E-state index in [4.69, 9.17) is 11.6 Å². The summed E-state index contributed by atoms with van der Waals surface area (Å²) < 4.78 is 37.1. The zero-order valence-electron chi connectivity index (χ0n) is 10.9. The third-order valence-electron chi connectivity index (χ3n) is 3.31. The number of halogens is 4. The lowest BCUT2D eigenvalue weighted by molar-refractivity contribution is -0.170. The number of anilines is 2. The maximum absolute atomic E-state index is 12.4. The summed E-state index contributed by atoms with van der Waals surface area (Å²) in [4.78, 5) is 13.8. The summed E-state index contributed by atoms with van der Waals surface area (Å²) in [5.74, 6) is -1.91. The molecule has 1 aliphatic heterocycles. The van der Waals surface area contributed by atoms with Crippen LogP contribution in [-0.2, 0) is 4.79 Å². The van der Waals surface area contributed by atoms with Gasteiger partial charge in [0.2, 0.25) is 0 Å². The molecule has 0 aromatic heterocycles. The molecule has 0 aliphatic carbocycles. The Labute approximate surface area is 119 Å². The van der Waals surface area contributed by atoms with Gasteiger partial charge in [0.05, 0.1) is 10.7 Å². The summed E-state index contributed by atoms with van der Waals surface area (Å²) in [5, 5.41) is 0.353. The number of hydrogen-bond donors (Lipinski definition) is 0. The second-order valence-electron chi connectivity index (χ2n) is 4.69. The van der Waals surface area contributed by atoms with Gasteiger partial charge in [0.25, 0.3) is 0 Å². The lowest BCUT2D eigenvalue weighted by Crippen LogP contribution is -2.38. The van der Waals surface area contributed by atoms with Crippen molar-refractivity contribution in [2.24, 2.45) is 0 Å². The van der Waals surface area contributed by atoms with Gasteiger partial charge in [0.1, 0.15) is 0 Å². The van der Waals surface area contributed by atoms with Gasteiger partial charge in [-0.05, 0) is 31.0 Å². The first-order chi connectivity index (χ1) is 9.30. The van der Waals surface area contributed by atoms with Gasteiger partial charge in [0, 0.05) is 25.8 Å². The van der Waals surface area contributed by atoms with Gasteiger partial charge < -0.3 is 9.80 Å². The van der Waals surface area contributed by atoms with Crippen LogP contribution < -0.4 is 9.80 Å². The van der Waals surface area contributed by atoms with E-state index in [9.17, 15) is 18.0 Å². The van der Waals surface area contributed by atoms with E-state index in [1.54, 1.807) is 6.07 Å². The maximum atomic E-state index is 12.4. The molecule has 3 nitrogen and oxygen atoms in total. The molecule has 1 heterocycles. The Morgan fingerprint density at radius 1 is 1.30 bits per heavy atom. The summed E-state index contributed by atoms with van der Waals surface area (Å²) in [6.45, 7) is 1.77. The minimum absolute atomic E-state index is 0.125. The van der Waals surface area contributed by atoms with Crippen LogP contribution in [0.2, 0.25) is 5.02 Å². The minimum Gasteiger partial charge on any atom is -0.370 e. The third kappa shape index (κ3) is 3.00. The molecule has 1 amide bonds. The Kier molecular flexibility index (Phi) is 4.13. The van der Waals surface area contributed by atoms with Crippen molar-refractivity contribution in [3.05, 3.63) is 23.2 Å². The molecule has 0 radical (unpaired) electrons. The van der Waals surface area contributed by atoms with Crippen LogP contribution in [0, 0.1) is 0 Å². The van der Waals surface area contributed by atoms with Crippen molar-refractivity contribution < 1.29 is 18.0 Å². The predicted molar refractivity (Wildman–Crippen MR) is 72.4 cm³/mol. The zero-order valence-corrected chi connectivity index (χ0v) is 11.6. The fourth-order valence-corrected chi connectivity index (χ4v) is 2.52. The van der Waals surface area contributed by atoms with E-state index in [0.29, 0.717) is 9.92 Å². The van der Waals surface area contributed by atoms with Crippen LogP contribution in [-0.4, -0.2) is 32.2 Å². The first-order valence-corrected chi connectivity index (χ1v) is 6.58. The quantitative estimate of drug-likeness (QED) is 0.835. The highest BCUT2D eigenvalue weighted by Gasteiger charge is 2.41. The van der Waals surface area contributed by atoms with Crippen molar-refractivity contribution in [2.45, 2.75) is 19.0 Å². The van der Waals surface area contributed by atoms with Crippen molar-refractivity contribution in [3.8, 4) is 0 Å². The number of benzene rings is 1. The zero-order chi connectivity index (χ0) is 14.9. The number of rotatable bonds is 2. The Morgan fingerprint density at radius 3 is 2.40 bits per heavy atom. The van der Waals surface area contributed by atoms with Gasteiger partial charge in [-0.3, -0.25) is 4.79 Å². The number of amides is 1. The molecule has 110 valence electrons. The maximum Gasteiger partial charge on any atom is 0.471 e. The minimum atomic E-state index is -4.89. The van der Waals surface area contributed by atoms with Crippen molar-refractivity contribution in [1.29, 1.82) is 0 Å². The van der Waals surface area contributed by atoms with Crippen LogP contribution in [0.5, 0.6) is 0 Å². The number of hydrogen-bond acceptors (Lipinski definition) is 2. The van der Waals surface area contributed by atoms with Crippen LogP contribution >= 0.6 is 11.6 Å². The highest BCUT2D eigenvalue weighted by atomic mass is 35.5. The molecule has 1 saturated heterocycles. The molecule has 1 aromatic carbocycles. The molecule has 0 unspecified atom stereocenters. The van der Waals surface area contributed by atoms with Gasteiger partial charge >= 0.3 is 12.1 Å². The smallest absolute Gasteiger partial charge is 0.370 e. The van der Waals surface area contributed by atoms with E-state index < -0.39 is 12.1 Å². The topological polar surface area (TPSA) is 23.6 Å². The van der Waals surface area contributed by atoms with Crippen molar-refractivity contribution in [2.75, 3.05) is 29.9 Å². The Hall–Kier alpha value is -1.43. The Bertz CT molecular complexity index is 513. The molecular formula is C13H14ClF3N2O. The molecule has 7 heteroatoms. The van der Waals surface area contributed by atoms with E-state index in [1.165, 1.54) is 12.1 Å². The van der Waals surface area contributed by atoms with E-state index in [2.05, 4.69) is 4.90 Å². The molecule has 2 rings (SSSR count). The van der Waals surface area contributed by atoms with Crippen molar-refractivity contribution in [3.63, 3.8) is 0 Å². The highest BCUT2D eigenvalue weighted by Crippen LogP contribution is 2.33. The predicted octanol–water partition coefficient (Wildman–Crippen LogP) is 3.47. The van der Waals surface area contributed by atoms with Gasteiger partial charge in [-0.2, -0.15) is 13.2 Å². The van der Waals surface area contributed by atoms with Gasteiger partial charge in [-0.1, -0.05) is 11.6 Å². The summed E-state index contributed by atoms with van der Waals surface area (Å²) in [6.07, 6.45) is -2.75. The number of carbonyl (C=O) groups is 1. The molecule has 0 saturated carbocycles. The van der Waals surface area contributed by atoms with E-state index >= 15 is 0 Å². The number of carbonyl (C=O) groups excluding carboxylic acids is 1. The first-order valence-electron chi connectivity index (χ1n) is 6.20. The molecule has 1 aromatic rings. The number of nitrogens with zero attached hydrogens (tertiary/aromatic N) is 2. The average molecular weight is 307 g/mol. The SMILES string of the molecule is CN(C(=O)C(F)(F)F)c1ccc(N2CCCC2)c(Cl)c1. The van der Waals surface area contributed by atoms with Crippen molar-refractivity contribution in [1.82, 2.24) is 0 Å². The molecule has 0 spiro atoms. The molecule has 0 N–H and O–H groups in total. The second-order valence-corrected chi connectivity index (χ2v) is 5.10. The summed E-state index contributed by atoms with van der Waals surface area (Å²) in [7, 11) is 1.08. The fourth-order valence-electron chi connectivity index (χ4n) is 2.23. The first kappa shape index (κ1) is 15.0. The lowest BCUT2D eigenvalue weighted by Gasteiger charge is -2.23. The lowest BCUT2D eigenvalue weighted by atomic mass is 10.2. The molecular weight excluding hydrogens is 293 g/mol. The Morgan fingerprint density at radius 2 is 1.90 bits per heavy atom. The van der Waals surface area contributed by atoms with Crippen LogP contribution in [0.4, 0.5) is 24.5 Å². The van der Waals surface area contributed by atoms with Gasteiger partial charge in [-0.25, -0.2) is 0 Å². The molecule has 1 fully saturated rings. The van der Waals surface area contributed by atoms with Crippen LogP contribution in [0.3, 0.4) is 0 Å².